The molecular formula is C27H25BrCl2N2O3S. The summed E-state index contributed by atoms with van der Waals surface area (Å²) in [6.07, 6.45) is 2.83. The fraction of sp³-hybridized carbons (Fsp3) is 0.222. The van der Waals surface area contributed by atoms with Crippen molar-refractivity contribution < 1.29 is 14.3 Å². The highest BCUT2D eigenvalue weighted by atomic mass is 79.9. The van der Waals surface area contributed by atoms with Gasteiger partial charge in [-0.05, 0) is 82.9 Å². The van der Waals surface area contributed by atoms with Crippen molar-refractivity contribution in [2.24, 2.45) is 0 Å². The Bertz CT molecular complexity index is 1280. The maximum atomic E-state index is 12.6. The van der Waals surface area contributed by atoms with Crippen LogP contribution in [0.5, 0.6) is 11.5 Å². The van der Waals surface area contributed by atoms with Crippen molar-refractivity contribution in [3.63, 3.8) is 0 Å². The van der Waals surface area contributed by atoms with Gasteiger partial charge < -0.3 is 20.1 Å². The van der Waals surface area contributed by atoms with Gasteiger partial charge in [0.2, 0.25) is 0 Å². The van der Waals surface area contributed by atoms with E-state index in [0.717, 1.165) is 23.2 Å². The Labute approximate surface area is 233 Å². The van der Waals surface area contributed by atoms with Crippen LogP contribution < -0.4 is 20.1 Å². The second-order valence-corrected chi connectivity index (χ2v) is 10.8. The van der Waals surface area contributed by atoms with Crippen LogP contribution in [0.1, 0.15) is 30.5 Å². The molecule has 4 rings (SSSR count). The lowest BCUT2D eigenvalue weighted by Crippen LogP contribution is -2.30. The topological polar surface area (TPSA) is 59.6 Å². The van der Waals surface area contributed by atoms with Crippen molar-refractivity contribution in [3.8, 4) is 11.5 Å². The number of amides is 1. The van der Waals surface area contributed by atoms with Gasteiger partial charge >= 0.3 is 0 Å². The molecule has 1 fully saturated rings. The minimum absolute atomic E-state index is 0.130. The van der Waals surface area contributed by atoms with Crippen LogP contribution in [-0.2, 0) is 17.8 Å². The minimum Gasteiger partial charge on any atom is -0.490 e. The van der Waals surface area contributed by atoms with E-state index in [1.807, 2.05) is 43.3 Å². The molecule has 0 radical (unpaired) electrons. The number of anilines is 1. The predicted molar refractivity (Wildman–Crippen MR) is 153 cm³/mol. The third-order valence-corrected chi connectivity index (χ3v) is 7.61. The van der Waals surface area contributed by atoms with Crippen LogP contribution in [-0.4, -0.2) is 18.0 Å². The van der Waals surface area contributed by atoms with E-state index in [1.54, 1.807) is 12.1 Å². The molecule has 1 atom stereocenters. The molecule has 0 aliphatic carbocycles. The number of hydrogen-bond donors (Lipinski definition) is 2. The van der Waals surface area contributed by atoms with Crippen LogP contribution in [0.3, 0.4) is 0 Å². The Hall–Kier alpha value is -2.32. The SMILES string of the molecule is CCOc1cc(/C=C2\S[C@H](Nc3ccc(CC)cc3)NC2=O)cc(Br)c1OCc1ccc(Cl)cc1Cl. The minimum atomic E-state index is -0.252. The summed E-state index contributed by atoms with van der Waals surface area (Å²) in [6, 6.07) is 17.2. The molecule has 5 nitrogen and oxygen atoms in total. The molecule has 1 aliphatic rings. The van der Waals surface area contributed by atoms with Crippen molar-refractivity contribution in [2.75, 3.05) is 11.9 Å². The summed E-state index contributed by atoms with van der Waals surface area (Å²) in [6.45, 7) is 4.74. The largest absolute Gasteiger partial charge is 0.490 e. The van der Waals surface area contributed by atoms with Crippen LogP contribution in [0, 0.1) is 0 Å². The number of ether oxygens (including phenoxy) is 2. The average Bonchev–Trinajstić information content (AvgIpc) is 3.18. The maximum Gasteiger partial charge on any atom is 0.260 e. The van der Waals surface area contributed by atoms with Gasteiger partial charge in [0.05, 0.1) is 16.0 Å². The van der Waals surface area contributed by atoms with Gasteiger partial charge in [0.25, 0.3) is 5.91 Å². The fourth-order valence-corrected chi connectivity index (χ4v) is 5.59. The first kappa shape index (κ1) is 26.7. The summed E-state index contributed by atoms with van der Waals surface area (Å²) in [5.41, 5.74) is 3.59. The normalized spacial score (nSPS) is 16.2. The highest BCUT2D eigenvalue weighted by Gasteiger charge is 2.27. The monoisotopic (exact) mass is 606 g/mol. The highest BCUT2D eigenvalue weighted by molar-refractivity contribution is 9.10. The number of benzene rings is 3. The van der Waals surface area contributed by atoms with Crippen molar-refractivity contribution in [1.29, 1.82) is 0 Å². The predicted octanol–water partition coefficient (Wildman–Crippen LogP) is 7.90. The van der Waals surface area contributed by atoms with Crippen LogP contribution in [0.25, 0.3) is 6.08 Å². The van der Waals surface area contributed by atoms with E-state index in [1.165, 1.54) is 17.3 Å². The molecule has 1 heterocycles. The zero-order valence-electron chi connectivity index (χ0n) is 19.7. The quantitative estimate of drug-likeness (QED) is 0.242. The molecule has 1 aliphatic heterocycles. The molecule has 0 aromatic heterocycles. The van der Waals surface area contributed by atoms with Gasteiger partial charge in [0.15, 0.2) is 17.0 Å². The zero-order chi connectivity index (χ0) is 25.7. The smallest absolute Gasteiger partial charge is 0.260 e. The lowest BCUT2D eigenvalue weighted by atomic mass is 10.1. The standard InChI is InChI=1S/C27H25BrCl2N2O3S/c1-3-16-5-9-20(10-6-16)31-27-32-26(33)24(36-27)13-17-11-21(28)25(23(12-17)34-4-2)35-15-18-7-8-19(29)14-22(18)30/h5-14,27,31H,3-4,15H2,1-2H3,(H,32,33)/b24-13-/t27-/m1/s1. The number of thioether (sulfide) groups is 1. The van der Waals surface area contributed by atoms with Crippen molar-refractivity contribution in [2.45, 2.75) is 32.4 Å². The van der Waals surface area contributed by atoms with E-state index >= 15 is 0 Å². The summed E-state index contributed by atoms with van der Waals surface area (Å²) in [7, 11) is 0. The molecule has 9 heteroatoms. The van der Waals surface area contributed by atoms with E-state index in [2.05, 4.69) is 45.6 Å². The van der Waals surface area contributed by atoms with Gasteiger partial charge in [0, 0.05) is 21.3 Å². The van der Waals surface area contributed by atoms with Gasteiger partial charge in [0.1, 0.15) is 6.61 Å². The number of carbonyl (C=O) groups is 1. The van der Waals surface area contributed by atoms with Gasteiger partial charge in [-0.1, -0.05) is 60.1 Å². The van der Waals surface area contributed by atoms with Gasteiger partial charge in [-0.2, -0.15) is 0 Å². The van der Waals surface area contributed by atoms with E-state index in [9.17, 15) is 4.79 Å². The molecule has 188 valence electrons. The molecule has 0 spiro atoms. The Morgan fingerprint density at radius 3 is 2.56 bits per heavy atom. The van der Waals surface area contributed by atoms with Crippen LogP contribution in [0.2, 0.25) is 10.0 Å². The number of halogens is 3. The molecular weight excluding hydrogens is 583 g/mol. The van der Waals surface area contributed by atoms with E-state index in [0.29, 0.717) is 37.5 Å². The molecule has 2 N–H and O–H groups in total. The van der Waals surface area contributed by atoms with E-state index in [4.69, 9.17) is 32.7 Å². The van der Waals surface area contributed by atoms with Gasteiger partial charge in [-0.3, -0.25) is 4.79 Å². The second kappa shape index (κ2) is 12.3. The average molecular weight is 608 g/mol. The third kappa shape index (κ3) is 6.71. The lowest BCUT2D eigenvalue weighted by molar-refractivity contribution is -0.116. The Kier molecular flexibility index (Phi) is 9.12. The van der Waals surface area contributed by atoms with E-state index < -0.39 is 0 Å². The number of rotatable bonds is 9. The number of aryl methyl sites for hydroxylation is 1. The molecule has 36 heavy (non-hydrogen) atoms. The Morgan fingerprint density at radius 2 is 1.86 bits per heavy atom. The summed E-state index contributed by atoms with van der Waals surface area (Å²) >= 11 is 17.3. The first-order valence-electron chi connectivity index (χ1n) is 11.4. The van der Waals surface area contributed by atoms with Crippen molar-refractivity contribution in [3.05, 3.63) is 90.7 Å². The number of carbonyl (C=O) groups excluding carboxylic acids is 1. The van der Waals surface area contributed by atoms with Gasteiger partial charge in [-0.25, -0.2) is 0 Å². The molecule has 3 aromatic carbocycles. The molecule has 0 unspecified atom stereocenters. The fourth-order valence-electron chi connectivity index (χ4n) is 3.57. The molecule has 1 saturated heterocycles. The summed E-state index contributed by atoms with van der Waals surface area (Å²) in [4.78, 5) is 13.2. The molecule has 0 saturated carbocycles. The third-order valence-electron chi connectivity index (χ3n) is 5.41. The number of nitrogens with one attached hydrogen (secondary N) is 2. The Balaban J connectivity index is 1.50. The second-order valence-electron chi connectivity index (χ2n) is 7.96. The summed E-state index contributed by atoms with van der Waals surface area (Å²) < 4.78 is 12.6. The Morgan fingerprint density at radius 1 is 1.08 bits per heavy atom. The zero-order valence-corrected chi connectivity index (χ0v) is 23.7. The number of hydrogen-bond acceptors (Lipinski definition) is 5. The van der Waals surface area contributed by atoms with Crippen molar-refractivity contribution >= 4 is 68.6 Å². The summed E-state index contributed by atoms with van der Waals surface area (Å²) in [5.74, 6) is 0.996. The van der Waals surface area contributed by atoms with Crippen molar-refractivity contribution in [1.82, 2.24) is 5.32 Å². The maximum absolute atomic E-state index is 12.6. The highest BCUT2D eigenvalue weighted by Crippen LogP contribution is 2.39. The van der Waals surface area contributed by atoms with E-state index in [-0.39, 0.29) is 18.0 Å². The molecule has 3 aromatic rings. The van der Waals surface area contributed by atoms with Crippen LogP contribution >= 0.6 is 50.9 Å². The first-order valence-corrected chi connectivity index (χ1v) is 13.9. The van der Waals surface area contributed by atoms with Gasteiger partial charge in [-0.15, -0.1) is 0 Å². The lowest BCUT2D eigenvalue weighted by Gasteiger charge is -2.15. The van der Waals surface area contributed by atoms with Crippen LogP contribution in [0.4, 0.5) is 5.69 Å². The molecule has 0 bridgehead atoms. The summed E-state index contributed by atoms with van der Waals surface area (Å²) in [5, 5.41) is 7.42. The van der Waals surface area contributed by atoms with Crippen LogP contribution in [0.15, 0.2) is 64.0 Å². The molecule has 1 amide bonds. The first-order chi connectivity index (χ1) is 17.4.